The molecule has 0 radical (unpaired) electrons. The smallest absolute Gasteiger partial charge is 0.185 e. The summed E-state index contributed by atoms with van der Waals surface area (Å²) in [5.41, 5.74) is 3.61. The van der Waals surface area contributed by atoms with E-state index in [9.17, 15) is 14.4 Å². The Hall–Kier alpha value is -4.77. The van der Waals surface area contributed by atoms with Crippen LogP contribution in [0.4, 0.5) is 5.69 Å². The molecule has 214 valence electrons. The van der Waals surface area contributed by atoms with E-state index in [1.165, 1.54) is 5.56 Å². The lowest BCUT2D eigenvalue weighted by molar-refractivity contribution is 0.0666. The van der Waals surface area contributed by atoms with E-state index in [1.54, 1.807) is 31.4 Å². The van der Waals surface area contributed by atoms with E-state index in [2.05, 4.69) is 18.7 Å². The normalized spacial score (nSPS) is 21.2. The number of methoxy groups -OCH3 is 1. The van der Waals surface area contributed by atoms with Crippen molar-refractivity contribution in [1.29, 1.82) is 0 Å². The van der Waals surface area contributed by atoms with E-state index < -0.39 is 23.4 Å². The first-order valence-corrected chi connectivity index (χ1v) is 14.9. The highest BCUT2D eigenvalue weighted by atomic mass is 16.5. The minimum Gasteiger partial charge on any atom is -0.497 e. The molecule has 2 heterocycles. The predicted molar refractivity (Wildman–Crippen MR) is 168 cm³/mol. The lowest BCUT2D eigenvalue weighted by Gasteiger charge is -2.37. The summed E-state index contributed by atoms with van der Waals surface area (Å²) in [6.45, 7) is 4.34. The van der Waals surface area contributed by atoms with Crippen molar-refractivity contribution in [2.75, 3.05) is 12.0 Å². The fourth-order valence-corrected chi connectivity index (χ4v) is 7.55. The van der Waals surface area contributed by atoms with Crippen molar-refractivity contribution < 1.29 is 19.1 Å². The number of benzene rings is 4. The molecule has 3 aliphatic rings. The van der Waals surface area contributed by atoms with Crippen molar-refractivity contribution in [2.45, 2.75) is 38.3 Å². The zero-order chi connectivity index (χ0) is 29.9. The van der Waals surface area contributed by atoms with E-state index in [0.29, 0.717) is 28.4 Å². The Morgan fingerprint density at radius 3 is 2.09 bits per heavy atom. The van der Waals surface area contributed by atoms with Crippen molar-refractivity contribution in [1.82, 2.24) is 0 Å². The van der Waals surface area contributed by atoms with Gasteiger partial charge in [0.05, 0.1) is 13.2 Å². The van der Waals surface area contributed by atoms with E-state index in [0.717, 1.165) is 23.2 Å². The molecule has 1 fully saturated rings. The molecule has 0 N–H and O–H groups in total. The summed E-state index contributed by atoms with van der Waals surface area (Å²) in [4.78, 5) is 46.4. The highest BCUT2D eigenvalue weighted by Crippen LogP contribution is 2.61. The topological polar surface area (TPSA) is 63.7 Å². The number of hydrogen-bond acceptors (Lipinski definition) is 5. The summed E-state index contributed by atoms with van der Waals surface area (Å²) in [5.74, 6) is -0.148. The molecular formula is C38H33NO4. The average molecular weight is 568 g/mol. The minimum absolute atomic E-state index is 0.111. The third-order valence-electron chi connectivity index (χ3n) is 9.34. The van der Waals surface area contributed by atoms with Gasteiger partial charge in [0.15, 0.2) is 17.3 Å². The highest BCUT2D eigenvalue weighted by Gasteiger charge is 2.71. The SMILES string of the molecule is COc1ccc([C@@H]2[C@@H](C(=O)c3ccc(CC(C)C)cc3)N3c4ccccc4C=CC3C23C(=O)c2ccccc2C3=O)cc1. The molecular weight excluding hydrogens is 534 g/mol. The number of ether oxygens (including phenoxy) is 1. The maximum absolute atomic E-state index is 14.9. The Morgan fingerprint density at radius 1 is 0.837 bits per heavy atom. The van der Waals surface area contributed by atoms with E-state index in [-0.39, 0.29) is 17.3 Å². The summed E-state index contributed by atoms with van der Waals surface area (Å²) in [6.07, 6.45) is 4.86. The van der Waals surface area contributed by atoms with Gasteiger partial charge in [-0.1, -0.05) is 105 Å². The van der Waals surface area contributed by atoms with Gasteiger partial charge in [-0.2, -0.15) is 0 Å². The number of fused-ring (bicyclic) bond motifs is 5. The number of hydrogen-bond donors (Lipinski definition) is 0. The molecule has 0 amide bonds. The van der Waals surface area contributed by atoms with E-state index in [1.807, 2.05) is 84.9 Å². The van der Waals surface area contributed by atoms with Crippen LogP contribution in [0.1, 0.15) is 67.5 Å². The summed E-state index contributed by atoms with van der Waals surface area (Å²) in [5, 5.41) is 0. The molecule has 1 aliphatic carbocycles. The fraction of sp³-hybridized carbons (Fsp3) is 0.237. The monoisotopic (exact) mass is 567 g/mol. The van der Waals surface area contributed by atoms with Crippen LogP contribution >= 0.6 is 0 Å². The van der Waals surface area contributed by atoms with Crippen LogP contribution in [0, 0.1) is 11.3 Å². The van der Waals surface area contributed by atoms with Crippen LogP contribution in [0.5, 0.6) is 5.75 Å². The van der Waals surface area contributed by atoms with Gasteiger partial charge in [-0.15, -0.1) is 0 Å². The Labute approximate surface area is 251 Å². The van der Waals surface area contributed by atoms with Crippen molar-refractivity contribution in [3.8, 4) is 5.75 Å². The second-order valence-corrected chi connectivity index (χ2v) is 12.2. The molecule has 4 aromatic carbocycles. The molecule has 5 heteroatoms. The lowest BCUT2D eigenvalue weighted by Crippen LogP contribution is -2.48. The van der Waals surface area contributed by atoms with E-state index >= 15 is 0 Å². The maximum atomic E-state index is 14.9. The molecule has 5 nitrogen and oxygen atoms in total. The molecule has 0 aromatic heterocycles. The Bertz CT molecular complexity index is 1750. The van der Waals surface area contributed by atoms with Gasteiger partial charge in [-0.05, 0) is 47.2 Å². The quantitative estimate of drug-likeness (QED) is 0.182. The molecule has 1 spiro atoms. The Balaban J connectivity index is 1.48. The first kappa shape index (κ1) is 27.1. The molecule has 4 aromatic rings. The Kier molecular flexibility index (Phi) is 6.42. The average Bonchev–Trinajstić information content (AvgIpc) is 3.47. The number of rotatable bonds is 6. The molecule has 43 heavy (non-hydrogen) atoms. The van der Waals surface area contributed by atoms with Crippen LogP contribution in [0.25, 0.3) is 6.08 Å². The zero-order valence-electron chi connectivity index (χ0n) is 24.5. The fourth-order valence-electron chi connectivity index (χ4n) is 7.55. The first-order valence-electron chi connectivity index (χ1n) is 14.9. The van der Waals surface area contributed by atoms with Crippen molar-refractivity contribution in [3.63, 3.8) is 0 Å². The van der Waals surface area contributed by atoms with Crippen LogP contribution in [-0.2, 0) is 6.42 Å². The molecule has 0 saturated carbocycles. The van der Waals surface area contributed by atoms with Gasteiger partial charge in [0.25, 0.3) is 0 Å². The van der Waals surface area contributed by atoms with Crippen LogP contribution < -0.4 is 9.64 Å². The first-order chi connectivity index (χ1) is 20.9. The van der Waals surface area contributed by atoms with Gasteiger partial charge in [-0.25, -0.2) is 0 Å². The van der Waals surface area contributed by atoms with Gasteiger partial charge in [0, 0.05) is 28.3 Å². The van der Waals surface area contributed by atoms with Crippen LogP contribution in [-0.4, -0.2) is 36.5 Å². The number of carbonyl (C=O) groups is 3. The number of nitrogens with zero attached hydrogens (tertiary/aromatic N) is 1. The van der Waals surface area contributed by atoms with Gasteiger partial charge in [0.1, 0.15) is 17.2 Å². The minimum atomic E-state index is -1.51. The number of Topliss-reactive ketones (excluding diaryl/α,β-unsaturated/α-hetero) is 3. The largest absolute Gasteiger partial charge is 0.497 e. The number of ketones is 3. The molecule has 7 rings (SSSR count). The highest BCUT2D eigenvalue weighted by molar-refractivity contribution is 6.32. The predicted octanol–water partition coefficient (Wildman–Crippen LogP) is 7.21. The third kappa shape index (κ3) is 3.94. The van der Waals surface area contributed by atoms with Crippen molar-refractivity contribution in [3.05, 3.63) is 137 Å². The summed E-state index contributed by atoms with van der Waals surface area (Å²) in [7, 11) is 1.60. The standard InChI is InChI=1S/C38H33NO4/c1-23(2)22-24-12-14-27(15-13-24)35(40)34-33(26-16-19-28(43-3)20-17-26)38(36(41)29-9-5-6-10-30(29)37(38)42)32-21-18-25-8-4-7-11-31(25)39(32)34/h4-21,23,32-34H,22H2,1-3H3/t32?,33-,34+/m1/s1. The molecule has 3 atom stereocenters. The second kappa shape index (κ2) is 10.2. The number of carbonyl (C=O) groups excluding carboxylic acids is 3. The van der Waals surface area contributed by atoms with Gasteiger partial charge >= 0.3 is 0 Å². The van der Waals surface area contributed by atoms with Gasteiger partial charge < -0.3 is 9.64 Å². The zero-order valence-corrected chi connectivity index (χ0v) is 24.5. The van der Waals surface area contributed by atoms with Crippen molar-refractivity contribution >= 4 is 29.1 Å². The summed E-state index contributed by atoms with van der Waals surface area (Å²) in [6, 6.07) is 28.8. The lowest BCUT2D eigenvalue weighted by atomic mass is 9.64. The van der Waals surface area contributed by atoms with Gasteiger partial charge in [-0.3, -0.25) is 14.4 Å². The van der Waals surface area contributed by atoms with E-state index in [4.69, 9.17) is 4.74 Å². The van der Waals surface area contributed by atoms with Crippen LogP contribution in [0.15, 0.2) is 103 Å². The number of anilines is 1. The third-order valence-corrected chi connectivity index (χ3v) is 9.34. The molecule has 0 bridgehead atoms. The number of para-hydroxylation sites is 1. The summed E-state index contributed by atoms with van der Waals surface area (Å²) < 4.78 is 5.44. The van der Waals surface area contributed by atoms with Gasteiger partial charge in [0.2, 0.25) is 0 Å². The molecule has 1 unspecified atom stereocenters. The Morgan fingerprint density at radius 2 is 1.47 bits per heavy atom. The molecule has 1 saturated heterocycles. The second-order valence-electron chi connectivity index (χ2n) is 12.2. The summed E-state index contributed by atoms with van der Waals surface area (Å²) >= 11 is 0. The van der Waals surface area contributed by atoms with Crippen LogP contribution in [0.3, 0.4) is 0 Å². The maximum Gasteiger partial charge on any atom is 0.185 e. The van der Waals surface area contributed by atoms with Crippen LogP contribution in [0.2, 0.25) is 0 Å². The van der Waals surface area contributed by atoms with Crippen molar-refractivity contribution in [2.24, 2.45) is 11.3 Å². The molecule has 2 aliphatic heterocycles.